The fourth-order valence-corrected chi connectivity index (χ4v) is 2.17. The molecule has 1 amide bonds. The van der Waals surface area contributed by atoms with Crippen LogP contribution in [0.3, 0.4) is 0 Å². The highest BCUT2D eigenvalue weighted by atomic mass is 32.1. The Kier molecular flexibility index (Phi) is 4.61. The van der Waals surface area contributed by atoms with Crippen molar-refractivity contribution in [1.29, 1.82) is 0 Å². The first-order valence-corrected chi connectivity index (χ1v) is 6.77. The fourth-order valence-electron chi connectivity index (χ4n) is 1.52. The molecule has 0 aromatic carbocycles. The summed E-state index contributed by atoms with van der Waals surface area (Å²) in [5.74, 6) is -0.587. The maximum Gasteiger partial charge on any atom is 0.274 e. The van der Waals surface area contributed by atoms with Gasteiger partial charge in [0.2, 0.25) is 0 Å². The third-order valence-electron chi connectivity index (χ3n) is 2.61. The van der Waals surface area contributed by atoms with Crippen LogP contribution in [0.2, 0.25) is 0 Å². The van der Waals surface area contributed by atoms with Gasteiger partial charge in [-0.1, -0.05) is 0 Å². The molecule has 2 rings (SSSR count). The van der Waals surface area contributed by atoms with Crippen LogP contribution < -0.4 is 11.1 Å². The van der Waals surface area contributed by atoms with Crippen LogP contribution in [0.4, 0.5) is 5.82 Å². The number of anilines is 1. The Balaban J connectivity index is 2.27. The highest BCUT2D eigenvalue weighted by Crippen LogP contribution is 2.20. The average molecular weight is 294 g/mol. The summed E-state index contributed by atoms with van der Waals surface area (Å²) in [6, 6.07) is 1.10. The second-order valence-electron chi connectivity index (χ2n) is 4.04. The zero-order chi connectivity index (χ0) is 14.5. The SMILES string of the molecule is Nc1ncc(-c2ccsc2)nc1C(=O)NC(CO)CO. The van der Waals surface area contributed by atoms with Crippen molar-refractivity contribution in [3.63, 3.8) is 0 Å². The molecule has 2 heterocycles. The second-order valence-corrected chi connectivity index (χ2v) is 4.82. The van der Waals surface area contributed by atoms with E-state index in [1.165, 1.54) is 17.5 Å². The standard InChI is InChI=1S/C12H14N4O3S/c13-11-10(12(19)15-8(4-17)5-18)16-9(3-14-11)7-1-2-20-6-7/h1-3,6,8,17-18H,4-5H2,(H2,13,14)(H,15,19). The number of nitrogens with one attached hydrogen (secondary N) is 1. The molecule has 0 fully saturated rings. The summed E-state index contributed by atoms with van der Waals surface area (Å²) in [6.45, 7) is -0.750. The van der Waals surface area contributed by atoms with Crippen LogP contribution in [0.15, 0.2) is 23.0 Å². The number of hydrogen-bond donors (Lipinski definition) is 4. The molecule has 106 valence electrons. The van der Waals surface area contributed by atoms with Crippen LogP contribution in [0.5, 0.6) is 0 Å². The minimum Gasteiger partial charge on any atom is -0.394 e. The molecule has 0 aliphatic carbocycles. The molecule has 0 spiro atoms. The minimum absolute atomic E-state index is 0.00360. The van der Waals surface area contributed by atoms with Gasteiger partial charge in [0.25, 0.3) is 5.91 Å². The van der Waals surface area contributed by atoms with Gasteiger partial charge in [-0.05, 0) is 11.4 Å². The van der Waals surface area contributed by atoms with Crippen LogP contribution in [0.1, 0.15) is 10.5 Å². The van der Waals surface area contributed by atoms with Crippen LogP contribution >= 0.6 is 11.3 Å². The molecule has 0 saturated heterocycles. The summed E-state index contributed by atoms with van der Waals surface area (Å²) in [4.78, 5) is 20.1. The molecular formula is C12H14N4O3S. The molecule has 0 bridgehead atoms. The summed E-state index contributed by atoms with van der Waals surface area (Å²) < 4.78 is 0. The Morgan fingerprint density at radius 1 is 1.45 bits per heavy atom. The van der Waals surface area contributed by atoms with E-state index in [-0.39, 0.29) is 24.7 Å². The lowest BCUT2D eigenvalue weighted by molar-refractivity contribution is 0.0875. The smallest absolute Gasteiger partial charge is 0.274 e. The van der Waals surface area contributed by atoms with E-state index in [9.17, 15) is 4.79 Å². The summed E-state index contributed by atoms with van der Waals surface area (Å²) in [6.07, 6.45) is 1.49. The van der Waals surface area contributed by atoms with Crippen LogP contribution in [-0.2, 0) is 0 Å². The predicted molar refractivity (Wildman–Crippen MR) is 75.2 cm³/mol. The molecule has 7 nitrogen and oxygen atoms in total. The third-order valence-corrected chi connectivity index (χ3v) is 3.29. The molecule has 0 saturated carbocycles. The van der Waals surface area contributed by atoms with Gasteiger partial charge in [-0.25, -0.2) is 9.97 Å². The van der Waals surface area contributed by atoms with E-state index in [0.717, 1.165) is 5.56 Å². The summed E-state index contributed by atoms with van der Waals surface area (Å²) >= 11 is 1.51. The third kappa shape index (κ3) is 3.10. The van der Waals surface area contributed by atoms with Gasteiger partial charge in [-0.15, -0.1) is 0 Å². The maximum absolute atomic E-state index is 12.0. The molecule has 0 aliphatic rings. The van der Waals surface area contributed by atoms with Gasteiger partial charge in [0.1, 0.15) is 0 Å². The normalized spacial score (nSPS) is 10.8. The number of thiophene rings is 1. The summed E-state index contributed by atoms with van der Waals surface area (Å²) in [5, 5.41) is 24.1. The van der Waals surface area contributed by atoms with Crippen molar-refractivity contribution in [3.05, 3.63) is 28.7 Å². The van der Waals surface area contributed by atoms with E-state index >= 15 is 0 Å². The molecular weight excluding hydrogens is 280 g/mol. The summed E-state index contributed by atoms with van der Waals surface area (Å²) in [7, 11) is 0. The minimum atomic E-state index is -0.756. The van der Waals surface area contributed by atoms with E-state index in [2.05, 4.69) is 15.3 Å². The van der Waals surface area contributed by atoms with Crippen LogP contribution in [0, 0.1) is 0 Å². The van der Waals surface area contributed by atoms with Gasteiger partial charge in [0.15, 0.2) is 11.5 Å². The van der Waals surface area contributed by atoms with Gasteiger partial charge >= 0.3 is 0 Å². The molecule has 0 aliphatic heterocycles. The number of nitrogens with zero attached hydrogens (tertiary/aromatic N) is 2. The van der Waals surface area contributed by atoms with Crippen molar-refractivity contribution >= 4 is 23.1 Å². The van der Waals surface area contributed by atoms with Crippen molar-refractivity contribution in [2.24, 2.45) is 0 Å². The lowest BCUT2D eigenvalue weighted by Crippen LogP contribution is -2.40. The monoisotopic (exact) mass is 294 g/mol. The number of nitrogen functional groups attached to an aromatic ring is 1. The number of aliphatic hydroxyl groups is 2. The number of aromatic nitrogens is 2. The van der Waals surface area contributed by atoms with Gasteiger partial charge in [0, 0.05) is 10.9 Å². The Morgan fingerprint density at radius 2 is 2.20 bits per heavy atom. The van der Waals surface area contributed by atoms with Gasteiger partial charge in [0.05, 0.1) is 31.1 Å². The number of carbonyl (C=O) groups is 1. The maximum atomic E-state index is 12.0. The highest BCUT2D eigenvalue weighted by Gasteiger charge is 2.18. The lowest BCUT2D eigenvalue weighted by Gasteiger charge is -2.13. The number of aliphatic hydroxyl groups excluding tert-OH is 2. The van der Waals surface area contributed by atoms with Crippen molar-refractivity contribution in [1.82, 2.24) is 15.3 Å². The Labute approximate surface area is 119 Å². The fraction of sp³-hybridized carbons (Fsp3) is 0.250. The first-order chi connectivity index (χ1) is 9.65. The molecule has 2 aromatic rings. The van der Waals surface area contributed by atoms with Crippen molar-refractivity contribution < 1.29 is 15.0 Å². The van der Waals surface area contributed by atoms with Gasteiger partial charge in [-0.2, -0.15) is 11.3 Å². The quantitative estimate of drug-likeness (QED) is 0.609. The molecule has 20 heavy (non-hydrogen) atoms. The van der Waals surface area contributed by atoms with Crippen LogP contribution in [0.25, 0.3) is 11.3 Å². The van der Waals surface area contributed by atoms with E-state index in [0.29, 0.717) is 5.69 Å². The topological polar surface area (TPSA) is 121 Å². The largest absolute Gasteiger partial charge is 0.394 e. The van der Waals surface area contributed by atoms with Crippen molar-refractivity contribution in [2.45, 2.75) is 6.04 Å². The zero-order valence-electron chi connectivity index (χ0n) is 10.5. The molecule has 5 N–H and O–H groups in total. The number of carbonyl (C=O) groups excluding carboxylic acids is 1. The first-order valence-electron chi connectivity index (χ1n) is 5.83. The first kappa shape index (κ1) is 14.4. The number of amides is 1. The molecule has 0 atom stereocenters. The summed E-state index contributed by atoms with van der Waals surface area (Å²) in [5.41, 5.74) is 7.00. The number of rotatable bonds is 5. The van der Waals surface area contributed by atoms with E-state index in [4.69, 9.17) is 15.9 Å². The van der Waals surface area contributed by atoms with E-state index < -0.39 is 11.9 Å². The van der Waals surface area contributed by atoms with E-state index in [1.807, 2.05) is 16.8 Å². The second kappa shape index (κ2) is 6.42. The molecule has 0 unspecified atom stereocenters. The molecule has 2 aromatic heterocycles. The number of hydrogen-bond acceptors (Lipinski definition) is 7. The van der Waals surface area contributed by atoms with E-state index in [1.54, 1.807) is 0 Å². The highest BCUT2D eigenvalue weighted by molar-refractivity contribution is 7.08. The molecule has 0 radical (unpaired) electrons. The Morgan fingerprint density at radius 3 is 2.80 bits per heavy atom. The lowest BCUT2D eigenvalue weighted by atomic mass is 10.2. The van der Waals surface area contributed by atoms with Gasteiger partial charge in [-0.3, -0.25) is 4.79 Å². The van der Waals surface area contributed by atoms with Crippen molar-refractivity contribution in [2.75, 3.05) is 18.9 Å². The Hall–Kier alpha value is -2.03. The van der Waals surface area contributed by atoms with Crippen molar-refractivity contribution in [3.8, 4) is 11.3 Å². The van der Waals surface area contributed by atoms with Gasteiger partial charge < -0.3 is 21.3 Å². The predicted octanol–water partition coefficient (Wildman–Crippen LogP) is -0.130. The average Bonchev–Trinajstić information content (AvgIpc) is 2.99. The number of nitrogens with two attached hydrogens (primary N) is 1. The Bertz CT molecular complexity index is 584. The van der Waals surface area contributed by atoms with Crippen LogP contribution in [-0.4, -0.2) is 45.3 Å². The molecule has 8 heteroatoms. The zero-order valence-corrected chi connectivity index (χ0v) is 11.3.